The Morgan fingerprint density at radius 1 is 1.23 bits per heavy atom. The van der Waals surface area contributed by atoms with Crippen LogP contribution in [0.2, 0.25) is 0 Å². The molecular formula is C22H34O4. The van der Waals surface area contributed by atoms with Crippen LogP contribution in [-0.2, 0) is 4.74 Å². The van der Waals surface area contributed by atoms with E-state index in [0.29, 0.717) is 18.3 Å². The lowest BCUT2D eigenvalue weighted by molar-refractivity contribution is -0.160. The lowest BCUT2D eigenvalue weighted by Crippen LogP contribution is -2.58. The van der Waals surface area contributed by atoms with Crippen molar-refractivity contribution in [2.24, 2.45) is 22.7 Å². The minimum atomic E-state index is -1.13. The van der Waals surface area contributed by atoms with Crippen LogP contribution in [0.15, 0.2) is 23.3 Å². The summed E-state index contributed by atoms with van der Waals surface area (Å²) in [5, 5.41) is 32.2. The molecule has 0 spiro atoms. The molecule has 7 atom stereocenters. The molecule has 4 aliphatic carbocycles. The number of methoxy groups -OCH3 is 1. The van der Waals surface area contributed by atoms with Crippen LogP contribution in [0.5, 0.6) is 0 Å². The third-order valence-corrected chi connectivity index (χ3v) is 8.56. The van der Waals surface area contributed by atoms with Crippen LogP contribution in [0.25, 0.3) is 0 Å². The highest BCUT2D eigenvalue weighted by molar-refractivity contribution is 5.38. The van der Waals surface area contributed by atoms with Gasteiger partial charge in [0.15, 0.2) is 0 Å². The van der Waals surface area contributed by atoms with E-state index in [4.69, 9.17) is 4.74 Å². The number of hydrogen-bond donors (Lipinski definition) is 3. The second-order valence-electron chi connectivity index (χ2n) is 9.62. The smallest absolute Gasteiger partial charge is 0.107 e. The van der Waals surface area contributed by atoms with Crippen LogP contribution in [-0.4, -0.2) is 46.8 Å². The molecule has 0 aromatic carbocycles. The second kappa shape index (κ2) is 6.16. The van der Waals surface area contributed by atoms with E-state index in [2.05, 4.69) is 26.0 Å². The average Bonchev–Trinajstić information content (AvgIpc) is 2.88. The minimum absolute atomic E-state index is 0.168. The molecule has 0 bridgehead atoms. The zero-order chi connectivity index (χ0) is 18.7. The molecule has 0 aliphatic heterocycles. The van der Waals surface area contributed by atoms with Gasteiger partial charge in [0.1, 0.15) is 11.7 Å². The van der Waals surface area contributed by atoms with Crippen LogP contribution < -0.4 is 0 Å². The molecule has 4 nitrogen and oxygen atoms in total. The first-order valence-corrected chi connectivity index (χ1v) is 10.2. The Bertz CT molecular complexity index is 640. The first-order chi connectivity index (χ1) is 12.3. The van der Waals surface area contributed by atoms with Crippen molar-refractivity contribution in [3.05, 3.63) is 23.3 Å². The molecule has 0 aromatic rings. The molecule has 0 amide bonds. The number of aliphatic hydroxyl groups excluding tert-OH is 2. The van der Waals surface area contributed by atoms with E-state index < -0.39 is 11.7 Å². The van der Waals surface area contributed by atoms with E-state index >= 15 is 0 Å². The fourth-order valence-electron chi connectivity index (χ4n) is 6.83. The number of fused-ring (bicyclic) bond motifs is 5. The maximum Gasteiger partial charge on any atom is 0.107 e. The van der Waals surface area contributed by atoms with Crippen LogP contribution >= 0.6 is 0 Å². The molecule has 2 fully saturated rings. The molecule has 26 heavy (non-hydrogen) atoms. The molecule has 4 heteroatoms. The van der Waals surface area contributed by atoms with Gasteiger partial charge in [-0.05, 0) is 62.2 Å². The van der Waals surface area contributed by atoms with Crippen molar-refractivity contribution < 1.29 is 20.1 Å². The summed E-state index contributed by atoms with van der Waals surface area (Å²) in [6.07, 6.45) is 9.82. The summed E-state index contributed by atoms with van der Waals surface area (Å²) in [5.74, 6) is 1.03. The van der Waals surface area contributed by atoms with Gasteiger partial charge in [-0.2, -0.15) is 0 Å². The third kappa shape index (κ3) is 2.35. The summed E-state index contributed by atoms with van der Waals surface area (Å²) < 4.78 is 5.14. The Kier molecular flexibility index (Phi) is 4.43. The maximum atomic E-state index is 11.4. The number of aliphatic hydroxyl groups is 3. The summed E-state index contributed by atoms with van der Waals surface area (Å²) in [7, 11) is 1.57. The lowest BCUT2D eigenvalue weighted by Gasteiger charge is -2.58. The van der Waals surface area contributed by atoms with Gasteiger partial charge in [-0.15, -0.1) is 0 Å². The molecule has 4 aliphatic rings. The van der Waals surface area contributed by atoms with Gasteiger partial charge in [-0.3, -0.25) is 0 Å². The SMILES string of the molecule is COC[C@H](O)[C@]1(O)CC=C2[C@@H]3CC=C4C[C@H](O)CC[C@@]4(C)[C@H]3CC[C@]21C. The highest BCUT2D eigenvalue weighted by Gasteiger charge is 2.62. The van der Waals surface area contributed by atoms with Crippen molar-refractivity contribution >= 4 is 0 Å². The molecule has 2 saturated carbocycles. The van der Waals surface area contributed by atoms with Crippen LogP contribution in [0.4, 0.5) is 0 Å². The summed E-state index contributed by atoms with van der Waals surface area (Å²) in [6.45, 7) is 4.71. The normalized spacial score (nSPS) is 48.8. The molecular weight excluding hydrogens is 328 g/mol. The van der Waals surface area contributed by atoms with Gasteiger partial charge in [0, 0.05) is 12.5 Å². The highest BCUT2D eigenvalue weighted by Crippen LogP contribution is 2.65. The molecule has 0 radical (unpaired) electrons. The average molecular weight is 363 g/mol. The van der Waals surface area contributed by atoms with E-state index in [1.54, 1.807) is 7.11 Å². The quantitative estimate of drug-likeness (QED) is 0.675. The molecule has 0 heterocycles. The molecule has 3 N–H and O–H groups in total. The van der Waals surface area contributed by atoms with Gasteiger partial charge in [-0.25, -0.2) is 0 Å². The fraction of sp³-hybridized carbons (Fsp3) is 0.818. The van der Waals surface area contributed by atoms with E-state index in [1.807, 2.05) is 0 Å². The van der Waals surface area contributed by atoms with E-state index in [1.165, 1.54) is 11.1 Å². The van der Waals surface area contributed by atoms with E-state index in [0.717, 1.165) is 38.5 Å². The zero-order valence-electron chi connectivity index (χ0n) is 16.4. The molecule has 4 rings (SSSR count). The molecule has 0 saturated heterocycles. The van der Waals surface area contributed by atoms with Gasteiger partial charge in [0.2, 0.25) is 0 Å². The van der Waals surface area contributed by atoms with Crippen LogP contribution in [0.1, 0.15) is 58.8 Å². The van der Waals surface area contributed by atoms with Gasteiger partial charge in [0.05, 0.1) is 12.7 Å². The van der Waals surface area contributed by atoms with Crippen molar-refractivity contribution in [3.63, 3.8) is 0 Å². The maximum absolute atomic E-state index is 11.4. The fourth-order valence-corrected chi connectivity index (χ4v) is 6.83. The Morgan fingerprint density at radius 2 is 2.00 bits per heavy atom. The predicted molar refractivity (Wildman–Crippen MR) is 101 cm³/mol. The summed E-state index contributed by atoms with van der Waals surface area (Å²) >= 11 is 0. The first-order valence-electron chi connectivity index (χ1n) is 10.2. The Labute approximate surface area is 156 Å². The first kappa shape index (κ1) is 18.7. The number of ether oxygens (including phenoxy) is 1. The zero-order valence-corrected chi connectivity index (χ0v) is 16.4. The number of allylic oxidation sites excluding steroid dienone is 1. The van der Waals surface area contributed by atoms with Crippen molar-refractivity contribution in [2.45, 2.75) is 76.6 Å². The van der Waals surface area contributed by atoms with Crippen molar-refractivity contribution in [1.29, 1.82) is 0 Å². The molecule has 146 valence electrons. The minimum Gasteiger partial charge on any atom is -0.393 e. The van der Waals surface area contributed by atoms with Gasteiger partial charge in [-0.1, -0.05) is 37.1 Å². The highest BCUT2D eigenvalue weighted by atomic mass is 16.5. The van der Waals surface area contributed by atoms with Gasteiger partial charge < -0.3 is 20.1 Å². The largest absolute Gasteiger partial charge is 0.393 e. The van der Waals surface area contributed by atoms with Gasteiger partial charge >= 0.3 is 0 Å². The Hall–Kier alpha value is -0.680. The lowest BCUT2D eigenvalue weighted by atomic mass is 9.48. The van der Waals surface area contributed by atoms with E-state index in [-0.39, 0.29) is 23.5 Å². The monoisotopic (exact) mass is 362 g/mol. The predicted octanol–water partition coefficient (Wildman–Crippen LogP) is 2.97. The third-order valence-electron chi connectivity index (χ3n) is 8.56. The molecule has 0 aromatic heterocycles. The van der Waals surface area contributed by atoms with Crippen molar-refractivity contribution in [1.82, 2.24) is 0 Å². The summed E-state index contributed by atoms with van der Waals surface area (Å²) in [6, 6.07) is 0. The Morgan fingerprint density at radius 3 is 2.73 bits per heavy atom. The van der Waals surface area contributed by atoms with Crippen molar-refractivity contribution in [3.8, 4) is 0 Å². The second-order valence-corrected chi connectivity index (χ2v) is 9.62. The van der Waals surface area contributed by atoms with Crippen LogP contribution in [0, 0.1) is 22.7 Å². The number of rotatable bonds is 3. The van der Waals surface area contributed by atoms with Gasteiger partial charge in [0.25, 0.3) is 0 Å². The standard InChI is InChI=1S/C22H34O4/c1-20-9-6-15(23)12-14(20)4-5-16-17(20)7-10-21(2)18(16)8-11-22(21,25)19(24)13-26-3/h4,8,15-17,19,23-25H,5-7,9-13H2,1-3H3/t15-,16-,17+,19+,20-,21-,22-/m1/s1. The summed E-state index contributed by atoms with van der Waals surface area (Å²) in [5.41, 5.74) is 1.48. The molecule has 0 unspecified atom stereocenters. The Balaban J connectivity index is 1.66. The topological polar surface area (TPSA) is 69.9 Å². The van der Waals surface area contributed by atoms with Crippen LogP contribution in [0.3, 0.4) is 0 Å². The van der Waals surface area contributed by atoms with E-state index in [9.17, 15) is 15.3 Å². The number of hydrogen-bond acceptors (Lipinski definition) is 4. The summed E-state index contributed by atoms with van der Waals surface area (Å²) in [4.78, 5) is 0. The van der Waals surface area contributed by atoms with Crippen molar-refractivity contribution in [2.75, 3.05) is 13.7 Å².